The first-order valence-electron chi connectivity index (χ1n) is 26.4. The van der Waals surface area contributed by atoms with Crippen LogP contribution >= 0.6 is 71.0 Å². The van der Waals surface area contributed by atoms with Crippen molar-refractivity contribution in [3.8, 4) is 17.2 Å². The first-order valence-corrected chi connectivity index (χ1v) is 29.5. The van der Waals surface area contributed by atoms with Crippen LogP contribution in [0.4, 0.5) is 0 Å². The molecule has 27 nitrogen and oxygen atoms in total. The van der Waals surface area contributed by atoms with Crippen LogP contribution in [0.25, 0.3) is 49.5 Å². The second kappa shape index (κ2) is 35.6. The van der Waals surface area contributed by atoms with Crippen molar-refractivity contribution in [2.45, 2.75) is 91.9 Å². The molecule has 0 atom stereocenters. The number of rotatable bonds is 27. The summed E-state index contributed by atoms with van der Waals surface area (Å²) in [6, 6.07) is 12.1. The van der Waals surface area contributed by atoms with Crippen molar-refractivity contribution in [2.75, 3.05) is 26.4 Å². The van der Waals surface area contributed by atoms with Gasteiger partial charge in [0, 0.05) is 78.2 Å². The maximum Gasteiger partial charge on any atom is 0.337 e. The molecule has 0 aliphatic heterocycles. The van der Waals surface area contributed by atoms with Crippen LogP contribution in [0.15, 0.2) is 95.7 Å². The molecule has 3 aromatic carbocycles. The first-order chi connectivity index (χ1) is 42.4. The summed E-state index contributed by atoms with van der Waals surface area (Å²) in [6.45, 7) is 6.07. The van der Waals surface area contributed by atoms with Gasteiger partial charge in [-0.05, 0) is 113 Å². The first kappa shape index (κ1) is 73.9. The summed E-state index contributed by atoms with van der Waals surface area (Å²) in [5.74, 6) is -3.50. The van der Waals surface area contributed by atoms with Crippen LogP contribution < -0.4 is 26.4 Å². The number of hydrogen-bond donors (Lipinski definition) is 1. The van der Waals surface area contributed by atoms with Gasteiger partial charge in [0.2, 0.25) is 10.5 Å². The fourth-order valence-corrected chi connectivity index (χ4v) is 9.31. The number of aromatic hydroxyl groups is 1. The fraction of sp³-hybridized carbons (Fsp3) is 0.345. The molecule has 0 fully saturated rings. The van der Waals surface area contributed by atoms with Crippen molar-refractivity contribution in [3.05, 3.63) is 133 Å². The monoisotopic (exact) mass is 1480 g/mol. The lowest BCUT2D eigenvalue weighted by atomic mass is 9.86. The van der Waals surface area contributed by atoms with Gasteiger partial charge in [-0.2, -0.15) is 14.4 Å². The number of ether oxygens (including phenoxy) is 6. The van der Waals surface area contributed by atoms with Crippen molar-refractivity contribution in [2.24, 2.45) is 10.8 Å². The molecule has 90 heavy (non-hydrogen) atoms. The third kappa shape index (κ3) is 25.5. The number of hydrogen-bond acceptors (Lipinski definition) is 21. The Kier molecular flexibility index (Phi) is 29.2. The van der Waals surface area contributed by atoms with E-state index in [1.54, 1.807) is 33.8 Å². The molecule has 0 radical (unpaired) electrons. The minimum absolute atomic E-state index is 0.0336. The molecule has 0 saturated heterocycles. The maximum absolute atomic E-state index is 12.8. The molecule has 0 saturated carbocycles. The van der Waals surface area contributed by atoms with Crippen molar-refractivity contribution in [1.29, 1.82) is 0 Å². The van der Waals surface area contributed by atoms with Gasteiger partial charge in [-0.15, -0.1) is 0 Å². The smallest absolute Gasteiger partial charge is 0.337 e. The Balaban J connectivity index is 0.000000388. The third-order valence-electron chi connectivity index (χ3n) is 11.8. The zero-order valence-electron chi connectivity index (χ0n) is 48.0. The van der Waals surface area contributed by atoms with E-state index in [4.69, 9.17) is 81.5 Å². The van der Waals surface area contributed by atoms with Gasteiger partial charge in [-0.3, -0.25) is 38.4 Å². The Labute approximate surface area is 544 Å². The Hall–Kier alpha value is -8.59. The van der Waals surface area contributed by atoms with Crippen LogP contribution in [0.5, 0.6) is 17.2 Å². The number of phenolic OH excluding ortho intramolecular Hbond substituents is 1. The van der Waals surface area contributed by atoms with E-state index < -0.39 is 74.0 Å². The lowest BCUT2D eigenvalue weighted by Crippen LogP contribution is -2.26. The average molecular weight is 1480 g/mol. The molecule has 0 aliphatic carbocycles. The molecule has 0 aliphatic rings. The number of phenols is 1. The van der Waals surface area contributed by atoms with E-state index in [1.807, 2.05) is 0 Å². The predicted octanol–water partition coefficient (Wildman–Crippen LogP) is 9.79. The summed E-state index contributed by atoms with van der Waals surface area (Å²) in [6.07, 6.45) is 3.62. The van der Waals surface area contributed by atoms with Gasteiger partial charge in [0.15, 0.2) is 0 Å². The molecule has 3 aromatic heterocycles. The van der Waals surface area contributed by atoms with Crippen molar-refractivity contribution in [3.63, 3.8) is 0 Å². The predicted molar refractivity (Wildman–Crippen MR) is 329 cm³/mol. The van der Waals surface area contributed by atoms with Crippen LogP contribution in [0.2, 0.25) is 0 Å². The molecule has 0 spiro atoms. The van der Waals surface area contributed by atoms with E-state index in [0.717, 1.165) is 30.8 Å². The van der Waals surface area contributed by atoms with E-state index >= 15 is 0 Å². The molecule has 0 amide bonds. The number of carbonyl (C=O) groups is 8. The van der Waals surface area contributed by atoms with Gasteiger partial charge in [-0.1, -0.05) is 27.7 Å². The molecular formula is C58H53Br3Cl2N6O21. The van der Waals surface area contributed by atoms with Crippen molar-refractivity contribution < 1.29 is 99.5 Å². The summed E-state index contributed by atoms with van der Waals surface area (Å²) >= 11 is 20.0. The number of esters is 6. The number of benzene rings is 3. The van der Waals surface area contributed by atoms with Crippen LogP contribution in [0, 0.1) is 10.8 Å². The minimum Gasteiger partial charge on any atom is -0.507 e. The van der Waals surface area contributed by atoms with E-state index in [1.165, 1.54) is 36.4 Å². The zero-order valence-corrected chi connectivity index (χ0v) is 54.3. The Morgan fingerprint density at radius 2 is 0.767 bits per heavy atom. The highest BCUT2D eigenvalue weighted by atomic mass is 79.9. The number of carbonyl (C=O) groups excluding carboxylic acids is 8. The van der Waals surface area contributed by atoms with E-state index in [-0.39, 0.29) is 123 Å². The molecule has 3 heterocycles. The summed E-state index contributed by atoms with van der Waals surface area (Å²) < 4.78 is 47.3. The molecule has 6 rings (SSSR count). The summed E-state index contributed by atoms with van der Waals surface area (Å²) in [5.41, 5.74) is 23.9. The topological polar surface area (TPSA) is 412 Å². The molecule has 0 bridgehead atoms. The minimum atomic E-state index is -0.891. The molecule has 32 heteroatoms. The van der Waals surface area contributed by atoms with Crippen LogP contribution in [-0.2, 0) is 57.3 Å². The summed E-state index contributed by atoms with van der Waals surface area (Å²) in [4.78, 5) is 137. The van der Waals surface area contributed by atoms with Gasteiger partial charge < -0.3 is 63.4 Å². The summed E-state index contributed by atoms with van der Waals surface area (Å²) in [5, 5.41) is 9.85. The number of fused-ring (bicyclic) bond motifs is 3. The molecule has 6 aromatic rings. The Morgan fingerprint density at radius 3 is 1.09 bits per heavy atom. The van der Waals surface area contributed by atoms with Gasteiger partial charge >= 0.3 is 52.7 Å². The molecule has 476 valence electrons. The van der Waals surface area contributed by atoms with Gasteiger partial charge in [0.25, 0.3) is 18.6 Å². The fourth-order valence-electron chi connectivity index (χ4n) is 7.85. The molecular weight excluding hydrogens is 1430 g/mol. The Bertz CT molecular complexity index is 3870. The van der Waals surface area contributed by atoms with Crippen LogP contribution in [0.3, 0.4) is 0 Å². The SMILES string of the molecule is CC(C)(CC(=O)OCCOC(=O)CC(C)(C)CC(=O)Oc1cc2oc(=O)cc(C=[N+]=[N-])c2cc1Br)CC(=O)Oc1cc2oc(=O)cc(C=[N+]=[N-])c2cc1Br.O=C(Cl)CCCC(=O)OCCOC(=O)CCCC(=O)Cl.[N-]=[N+]=Cc1cc(=O)oc2cc(O)c(Br)cc12. The van der Waals surface area contributed by atoms with Crippen LogP contribution in [-0.4, -0.2) is 111 Å². The lowest BCUT2D eigenvalue weighted by molar-refractivity contribution is -0.155. The van der Waals surface area contributed by atoms with Crippen LogP contribution in [0.1, 0.15) is 109 Å². The van der Waals surface area contributed by atoms with Gasteiger partial charge in [-0.25, -0.2) is 14.4 Å². The Morgan fingerprint density at radius 1 is 0.467 bits per heavy atom. The average Bonchev–Trinajstić information content (AvgIpc) is 1.66. The van der Waals surface area contributed by atoms with E-state index in [2.05, 4.69) is 62.2 Å². The molecule has 1 N–H and O–H groups in total. The number of nitrogens with zero attached hydrogens (tertiary/aromatic N) is 6. The standard InChI is InChI=1S/C36H32Br2N4O12.C12H16Cl2O6.C10H5BrN2O3/c1-35(2,15-33(47)53-27-11-25-21(9-23(27)37)19(17-41-39)7-29(43)51-25)13-31(45)49-5-6-50-32(46)14-36(3,4)16-34(48)54-28-12-26-22(10-24(28)38)20(18-42-40)8-30(44)52-26;13-9(15)3-1-5-11(17)19-7-8-20-12(18)6-2-4-10(14)16;11-7-2-6-5(4-13-12)1-10(15)16-9(6)3-8(7)14/h7-12,17-18H,5-6,13-16H2,1-4H3;1-8H2;1-4,14H. The normalized spacial score (nSPS) is 10.8. The third-order valence-corrected chi connectivity index (χ3v) is 14.0. The second-order valence-corrected chi connectivity index (χ2v) is 23.8. The zero-order chi connectivity index (χ0) is 66.9. The van der Waals surface area contributed by atoms with E-state index in [9.17, 15) is 57.8 Å². The maximum atomic E-state index is 12.8. The quantitative estimate of drug-likeness (QED) is 0.00576. The van der Waals surface area contributed by atoms with Gasteiger partial charge in [0.05, 0.1) is 55.8 Å². The highest BCUT2D eigenvalue weighted by Crippen LogP contribution is 2.36. The second-order valence-electron chi connectivity index (χ2n) is 20.4. The highest BCUT2D eigenvalue weighted by Gasteiger charge is 2.30. The highest BCUT2D eigenvalue weighted by molar-refractivity contribution is 9.11. The van der Waals surface area contributed by atoms with Gasteiger partial charge in [0.1, 0.15) is 60.4 Å². The summed E-state index contributed by atoms with van der Waals surface area (Å²) in [7, 11) is 0. The van der Waals surface area contributed by atoms with E-state index in [0.29, 0.717) is 48.0 Å². The number of halogens is 5. The largest absolute Gasteiger partial charge is 0.507 e. The lowest BCUT2D eigenvalue weighted by Gasteiger charge is -2.23. The van der Waals surface area contributed by atoms with Crippen molar-refractivity contribution >= 4 is 169 Å². The molecule has 0 unspecified atom stereocenters. The van der Waals surface area contributed by atoms with Crippen molar-refractivity contribution in [1.82, 2.24) is 0 Å².